The average Bonchev–Trinajstić information content (AvgIpc) is 3.26. The Morgan fingerprint density at radius 2 is 0.726 bits per heavy atom. The molecule has 1 aliphatic rings. The molecule has 0 aromatic heterocycles. The Morgan fingerprint density at radius 1 is 0.403 bits per heavy atom. The summed E-state index contributed by atoms with van der Waals surface area (Å²) in [5.74, 6) is -1.25. The highest BCUT2D eigenvalue weighted by Crippen LogP contribution is 2.30. The number of carbonyl (C=O) groups excluding carboxylic acids is 4. The first-order valence-corrected chi connectivity index (χ1v) is 20.2. The molecule has 2 aromatic rings. The summed E-state index contributed by atoms with van der Waals surface area (Å²) in [6, 6.07) is 10.1. The highest BCUT2D eigenvalue weighted by Gasteiger charge is 2.16. The molecule has 20 nitrogen and oxygen atoms in total. The predicted octanol–water partition coefficient (Wildman–Crippen LogP) is 2.26. The van der Waals surface area contributed by atoms with Gasteiger partial charge in [0.05, 0.1) is 92.5 Å². The summed E-state index contributed by atoms with van der Waals surface area (Å²) in [5.41, 5.74) is 1.21. The van der Waals surface area contributed by atoms with Crippen LogP contribution in [0.25, 0.3) is 0 Å². The lowest BCUT2D eigenvalue weighted by Crippen LogP contribution is -2.17. The zero-order valence-electron chi connectivity index (χ0n) is 35.6. The lowest BCUT2D eigenvalue weighted by atomic mass is 10.2. The molecule has 0 radical (unpaired) electrons. The molecule has 348 valence electrons. The van der Waals surface area contributed by atoms with Gasteiger partial charge in [-0.3, -0.25) is 19.2 Å². The monoisotopic (exact) mass is 884 g/mol. The van der Waals surface area contributed by atoms with Gasteiger partial charge in [-0.05, 0) is 35.4 Å². The van der Waals surface area contributed by atoms with Gasteiger partial charge in [-0.1, -0.05) is 12.1 Å². The fourth-order valence-electron chi connectivity index (χ4n) is 4.92. The lowest BCUT2D eigenvalue weighted by molar-refractivity contribution is -0.158. The first-order chi connectivity index (χ1) is 30.4. The van der Waals surface area contributed by atoms with Crippen molar-refractivity contribution in [2.24, 2.45) is 0 Å². The van der Waals surface area contributed by atoms with Crippen molar-refractivity contribution in [2.75, 3.05) is 146 Å². The second-order valence-electron chi connectivity index (χ2n) is 12.7. The van der Waals surface area contributed by atoms with E-state index in [-0.39, 0.29) is 92.5 Å². The second kappa shape index (κ2) is 33.8. The Hall–Kier alpha value is -4.80. The van der Waals surface area contributed by atoms with Crippen molar-refractivity contribution in [1.82, 2.24) is 0 Å². The molecule has 0 spiro atoms. The minimum absolute atomic E-state index is 0.00495. The van der Waals surface area contributed by atoms with Crippen LogP contribution in [0.4, 0.5) is 0 Å². The van der Waals surface area contributed by atoms with Gasteiger partial charge in [0.25, 0.3) is 0 Å². The zero-order valence-corrected chi connectivity index (χ0v) is 35.6. The van der Waals surface area contributed by atoms with Crippen LogP contribution >= 0.6 is 0 Å². The molecule has 0 saturated heterocycles. The standard InChI is InChI=1S/C42H60O20/c1-47-7-9-49-11-13-51-19-25-59-39(43)29-41(45)61-31-33-3-5-35-37(27-33)57-23-17-53-16-22-56-36-6-4-34(28-38(36)58-24-18-54-15-21-55-35)32-62-42(46)30-40(44)60-26-20-52-14-12-50-10-8-48-2/h3-6,27-28H,7-26,29-32H2,1-2H3. The number of methoxy groups -OCH3 is 2. The molecular formula is C42H60O20. The Bertz CT molecular complexity index is 1440. The number of benzene rings is 2. The van der Waals surface area contributed by atoms with E-state index in [4.69, 9.17) is 75.8 Å². The van der Waals surface area contributed by atoms with Crippen molar-refractivity contribution in [3.63, 3.8) is 0 Å². The van der Waals surface area contributed by atoms with E-state index in [9.17, 15) is 19.2 Å². The van der Waals surface area contributed by atoms with E-state index in [1.54, 1.807) is 50.6 Å². The van der Waals surface area contributed by atoms with Crippen LogP contribution < -0.4 is 18.9 Å². The van der Waals surface area contributed by atoms with Gasteiger partial charge in [0.2, 0.25) is 0 Å². The molecule has 0 unspecified atom stereocenters. The summed E-state index contributed by atoms with van der Waals surface area (Å²) in [7, 11) is 3.17. The Labute approximate surface area is 361 Å². The largest absolute Gasteiger partial charge is 0.487 e. The van der Waals surface area contributed by atoms with Gasteiger partial charge >= 0.3 is 23.9 Å². The van der Waals surface area contributed by atoms with Gasteiger partial charge in [-0.25, -0.2) is 0 Å². The number of rotatable bonds is 26. The molecule has 0 N–H and O–H groups in total. The minimum Gasteiger partial charge on any atom is -0.487 e. The van der Waals surface area contributed by atoms with Gasteiger partial charge in [-0.15, -0.1) is 0 Å². The Kier molecular flexibility index (Phi) is 28.1. The van der Waals surface area contributed by atoms with Gasteiger partial charge in [-0.2, -0.15) is 0 Å². The summed E-state index contributed by atoms with van der Waals surface area (Å²) in [5, 5.41) is 0. The highest BCUT2D eigenvalue weighted by molar-refractivity contribution is 5.91. The number of esters is 4. The van der Waals surface area contributed by atoms with Crippen LogP contribution in [0.5, 0.6) is 23.0 Å². The van der Waals surface area contributed by atoms with Gasteiger partial charge in [0.1, 0.15) is 65.7 Å². The third-order valence-corrected chi connectivity index (χ3v) is 7.92. The molecule has 0 bridgehead atoms. The third kappa shape index (κ3) is 24.6. The first-order valence-electron chi connectivity index (χ1n) is 20.2. The predicted molar refractivity (Wildman–Crippen MR) is 214 cm³/mol. The zero-order chi connectivity index (χ0) is 44.3. The van der Waals surface area contributed by atoms with E-state index in [1.165, 1.54) is 0 Å². The maximum Gasteiger partial charge on any atom is 0.317 e. The summed E-state index contributed by atoms with van der Waals surface area (Å²) >= 11 is 0. The van der Waals surface area contributed by atoms with Crippen LogP contribution in [0, 0.1) is 0 Å². The fourth-order valence-corrected chi connectivity index (χ4v) is 4.92. The van der Waals surface area contributed by atoms with Crippen LogP contribution in [0.15, 0.2) is 36.4 Å². The van der Waals surface area contributed by atoms with E-state index in [1.807, 2.05) is 0 Å². The molecule has 1 aliphatic heterocycles. The van der Waals surface area contributed by atoms with Crippen molar-refractivity contribution in [3.8, 4) is 23.0 Å². The molecule has 1 heterocycles. The second-order valence-corrected chi connectivity index (χ2v) is 12.7. The van der Waals surface area contributed by atoms with Crippen LogP contribution in [0.2, 0.25) is 0 Å². The number of fused-ring (bicyclic) bond motifs is 2. The smallest absolute Gasteiger partial charge is 0.317 e. The van der Waals surface area contributed by atoms with E-state index in [0.717, 1.165) is 0 Å². The number of hydrogen-bond donors (Lipinski definition) is 0. The van der Waals surface area contributed by atoms with Crippen molar-refractivity contribution in [2.45, 2.75) is 26.1 Å². The van der Waals surface area contributed by atoms with Crippen LogP contribution in [0.1, 0.15) is 24.0 Å². The van der Waals surface area contributed by atoms with Gasteiger partial charge < -0.3 is 75.8 Å². The average molecular weight is 885 g/mol. The summed E-state index contributed by atoms with van der Waals surface area (Å²) in [4.78, 5) is 48.7. The molecule has 3 rings (SSSR count). The first kappa shape index (κ1) is 51.5. The third-order valence-electron chi connectivity index (χ3n) is 7.92. The normalized spacial score (nSPS) is 13.6. The lowest BCUT2D eigenvalue weighted by Gasteiger charge is -2.17. The van der Waals surface area contributed by atoms with Crippen LogP contribution in [-0.2, 0) is 89.2 Å². The molecule has 20 heteroatoms. The van der Waals surface area contributed by atoms with Crippen LogP contribution in [0.3, 0.4) is 0 Å². The summed E-state index contributed by atoms with van der Waals surface area (Å²) in [6.45, 7) is 5.11. The maximum absolute atomic E-state index is 12.3. The Morgan fingerprint density at radius 3 is 1.10 bits per heavy atom. The molecule has 0 amide bonds. The molecule has 0 aliphatic carbocycles. The molecule has 0 atom stereocenters. The number of carbonyl (C=O) groups is 4. The summed E-state index contributed by atoms with van der Waals surface area (Å²) < 4.78 is 86.7. The maximum atomic E-state index is 12.3. The summed E-state index contributed by atoms with van der Waals surface area (Å²) in [6.07, 6.45) is -1.10. The molecular weight excluding hydrogens is 824 g/mol. The van der Waals surface area contributed by atoms with Crippen molar-refractivity contribution < 1.29 is 95.0 Å². The van der Waals surface area contributed by atoms with E-state index in [2.05, 4.69) is 0 Å². The van der Waals surface area contributed by atoms with Crippen LogP contribution in [-0.4, -0.2) is 170 Å². The van der Waals surface area contributed by atoms with E-state index in [0.29, 0.717) is 87.0 Å². The van der Waals surface area contributed by atoms with Crippen molar-refractivity contribution in [1.29, 1.82) is 0 Å². The number of hydrogen-bond acceptors (Lipinski definition) is 20. The topological polar surface area (TPSA) is 216 Å². The molecule has 0 saturated carbocycles. The minimum atomic E-state index is -0.745. The quantitative estimate of drug-likeness (QED) is 0.0573. The fraction of sp³-hybridized carbons (Fsp3) is 0.619. The van der Waals surface area contributed by atoms with Crippen molar-refractivity contribution >= 4 is 23.9 Å². The van der Waals surface area contributed by atoms with Crippen molar-refractivity contribution in [3.05, 3.63) is 47.5 Å². The van der Waals surface area contributed by atoms with E-state index >= 15 is 0 Å². The molecule has 0 fully saturated rings. The Balaban J connectivity index is 1.37. The molecule has 2 aromatic carbocycles. The van der Waals surface area contributed by atoms with E-state index < -0.39 is 36.7 Å². The highest BCUT2D eigenvalue weighted by atomic mass is 16.6. The SMILES string of the molecule is COCCOCCOCCOC(=O)CC(=O)OCc1ccc2c(c1)OCCOCCOc1ccc(COC(=O)CC(=O)OCCOCCOCCOC)cc1OCCOCCO2. The number of ether oxygens (including phenoxy) is 16. The molecule has 62 heavy (non-hydrogen) atoms. The van der Waals surface area contributed by atoms with Gasteiger partial charge in [0, 0.05) is 14.2 Å². The van der Waals surface area contributed by atoms with Gasteiger partial charge in [0.15, 0.2) is 23.0 Å².